The standard InChI is InChI=1S/C24H17NO6/c26-19(16-3-6-20-22(11-16)29-9-8-28-20)14-30-17-4-5-18-21(12-17)31-23(24(18)27)10-15-2-1-7-25-13-15/h1-7,10-13H,8-9,14H2/b23-10-. The van der Waals surface area contributed by atoms with Crippen LogP contribution in [0.2, 0.25) is 0 Å². The SMILES string of the molecule is O=C(COc1ccc2c(c1)O/C(=C\c1cccnc1)C2=O)c1ccc2c(c1)OCCO2. The van der Waals surface area contributed by atoms with Crippen LogP contribution in [0.3, 0.4) is 0 Å². The van der Waals surface area contributed by atoms with Gasteiger partial charge in [0.25, 0.3) is 0 Å². The molecule has 0 saturated carbocycles. The maximum atomic E-state index is 12.6. The van der Waals surface area contributed by atoms with Crippen molar-refractivity contribution in [3.8, 4) is 23.0 Å². The summed E-state index contributed by atoms with van der Waals surface area (Å²) in [6, 6.07) is 13.5. The monoisotopic (exact) mass is 415 g/mol. The zero-order valence-electron chi connectivity index (χ0n) is 16.4. The van der Waals surface area contributed by atoms with E-state index in [1.165, 1.54) is 0 Å². The van der Waals surface area contributed by atoms with Crippen LogP contribution in [0.1, 0.15) is 26.3 Å². The Balaban J connectivity index is 1.27. The van der Waals surface area contributed by atoms with E-state index < -0.39 is 0 Å². The van der Waals surface area contributed by atoms with Crippen LogP contribution in [0.5, 0.6) is 23.0 Å². The molecule has 0 amide bonds. The second-order valence-corrected chi connectivity index (χ2v) is 6.95. The molecule has 0 unspecified atom stereocenters. The topological polar surface area (TPSA) is 84.0 Å². The summed E-state index contributed by atoms with van der Waals surface area (Å²) in [5.74, 6) is 1.80. The molecule has 31 heavy (non-hydrogen) atoms. The largest absolute Gasteiger partial charge is 0.486 e. The van der Waals surface area contributed by atoms with Crippen LogP contribution in [0.4, 0.5) is 0 Å². The molecule has 0 aliphatic carbocycles. The highest BCUT2D eigenvalue weighted by Crippen LogP contribution is 2.35. The first kappa shape index (κ1) is 18.9. The summed E-state index contributed by atoms with van der Waals surface area (Å²) in [5.41, 5.74) is 1.68. The number of benzene rings is 2. The van der Waals surface area contributed by atoms with Gasteiger partial charge in [-0.1, -0.05) is 6.07 Å². The van der Waals surface area contributed by atoms with Crippen molar-refractivity contribution < 1.29 is 28.5 Å². The van der Waals surface area contributed by atoms with E-state index in [4.69, 9.17) is 18.9 Å². The van der Waals surface area contributed by atoms with E-state index in [-0.39, 0.29) is 23.9 Å². The molecule has 0 radical (unpaired) electrons. The Kier molecular flexibility index (Phi) is 4.84. The van der Waals surface area contributed by atoms with Gasteiger partial charge in [-0.3, -0.25) is 14.6 Å². The van der Waals surface area contributed by atoms with Gasteiger partial charge >= 0.3 is 0 Å². The number of pyridine rings is 1. The van der Waals surface area contributed by atoms with Crippen molar-refractivity contribution >= 4 is 17.6 Å². The molecule has 7 heteroatoms. The molecular weight excluding hydrogens is 398 g/mol. The van der Waals surface area contributed by atoms with Crippen molar-refractivity contribution in [1.82, 2.24) is 4.98 Å². The van der Waals surface area contributed by atoms with Crippen molar-refractivity contribution in [1.29, 1.82) is 0 Å². The Morgan fingerprint density at radius 2 is 1.90 bits per heavy atom. The van der Waals surface area contributed by atoms with Gasteiger partial charge in [0.05, 0.1) is 5.56 Å². The molecule has 0 atom stereocenters. The van der Waals surface area contributed by atoms with Crippen LogP contribution in [0.15, 0.2) is 66.7 Å². The van der Waals surface area contributed by atoms with Gasteiger partial charge in [0.2, 0.25) is 5.78 Å². The number of hydrogen-bond donors (Lipinski definition) is 0. The molecule has 154 valence electrons. The fraction of sp³-hybridized carbons (Fsp3) is 0.125. The summed E-state index contributed by atoms with van der Waals surface area (Å²) in [6.07, 6.45) is 4.94. The highest BCUT2D eigenvalue weighted by Gasteiger charge is 2.28. The van der Waals surface area contributed by atoms with Crippen LogP contribution in [0.25, 0.3) is 6.08 Å². The van der Waals surface area contributed by atoms with Crippen molar-refractivity contribution in [3.63, 3.8) is 0 Å². The molecule has 7 nitrogen and oxygen atoms in total. The number of nitrogens with zero attached hydrogens (tertiary/aromatic N) is 1. The van der Waals surface area contributed by atoms with Crippen molar-refractivity contribution in [2.24, 2.45) is 0 Å². The van der Waals surface area contributed by atoms with Crippen LogP contribution >= 0.6 is 0 Å². The minimum absolute atomic E-state index is 0.162. The average molecular weight is 415 g/mol. The minimum Gasteiger partial charge on any atom is -0.486 e. The first-order valence-corrected chi connectivity index (χ1v) is 9.71. The van der Waals surface area contributed by atoms with Gasteiger partial charge in [0.15, 0.2) is 29.6 Å². The molecule has 2 aromatic carbocycles. The van der Waals surface area contributed by atoms with E-state index in [1.807, 2.05) is 6.07 Å². The predicted octanol–water partition coefficient (Wildman–Crippen LogP) is 3.73. The summed E-state index contributed by atoms with van der Waals surface area (Å²) in [5, 5.41) is 0. The number of rotatable bonds is 5. The smallest absolute Gasteiger partial charge is 0.231 e. The van der Waals surface area contributed by atoms with Gasteiger partial charge in [-0.05, 0) is 48.0 Å². The lowest BCUT2D eigenvalue weighted by Crippen LogP contribution is -2.17. The molecule has 3 aromatic rings. The summed E-state index contributed by atoms with van der Waals surface area (Å²) in [6.45, 7) is 0.780. The Hall–Kier alpha value is -4.13. The highest BCUT2D eigenvalue weighted by atomic mass is 16.6. The molecular formula is C24H17NO6. The number of carbonyl (C=O) groups excluding carboxylic acids is 2. The lowest BCUT2D eigenvalue weighted by Gasteiger charge is -2.18. The zero-order valence-corrected chi connectivity index (χ0v) is 16.4. The molecule has 0 fully saturated rings. The molecule has 0 N–H and O–H groups in total. The second-order valence-electron chi connectivity index (χ2n) is 6.95. The van der Waals surface area contributed by atoms with Crippen molar-refractivity contribution in [3.05, 3.63) is 83.4 Å². The van der Waals surface area contributed by atoms with Crippen LogP contribution in [-0.2, 0) is 0 Å². The van der Waals surface area contributed by atoms with E-state index in [9.17, 15) is 9.59 Å². The van der Waals surface area contributed by atoms with Gasteiger partial charge in [-0.2, -0.15) is 0 Å². The summed E-state index contributed by atoms with van der Waals surface area (Å²) in [7, 11) is 0. The third-order valence-corrected chi connectivity index (χ3v) is 4.86. The summed E-state index contributed by atoms with van der Waals surface area (Å²) in [4.78, 5) is 29.1. The summed E-state index contributed by atoms with van der Waals surface area (Å²) >= 11 is 0. The van der Waals surface area contributed by atoms with E-state index >= 15 is 0 Å². The van der Waals surface area contributed by atoms with Gasteiger partial charge < -0.3 is 18.9 Å². The molecule has 0 spiro atoms. The normalized spacial score (nSPS) is 15.4. The quantitative estimate of drug-likeness (QED) is 0.464. The third kappa shape index (κ3) is 3.85. The van der Waals surface area contributed by atoms with Gasteiger partial charge in [-0.25, -0.2) is 0 Å². The van der Waals surface area contributed by atoms with Crippen molar-refractivity contribution in [2.75, 3.05) is 19.8 Å². The van der Waals surface area contributed by atoms with Crippen LogP contribution in [0, 0.1) is 0 Å². The maximum Gasteiger partial charge on any atom is 0.231 e. The number of Topliss-reactive ketones (excluding diaryl/α,β-unsaturated/α-hetero) is 2. The van der Waals surface area contributed by atoms with E-state index in [1.54, 1.807) is 60.9 Å². The minimum atomic E-state index is -0.210. The highest BCUT2D eigenvalue weighted by molar-refractivity contribution is 6.14. The van der Waals surface area contributed by atoms with Crippen LogP contribution in [-0.4, -0.2) is 36.4 Å². The number of carbonyl (C=O) groups is 2. The molecule has 3 heterocycles. The van der Waals surface area contributed by atoms with Crippen molar-refractivity contribution in [2.45, 2.75) is 0 Å². The lowest BCUT2D eigenvalue weighted by atomic mass is 10.1. The number of allylic oxidation sites excluding steroid dienone is 1. The fourth-order valence-electron chi connectivity index (χ4n) is 3.32. The molecule has 0 saturated heterocycles. The second kappa shape index (κ2) is 7.95. The lowest BCUT2D eigenvalue weighted by molar-refractivity contribution is 0.0919. The average Bonchev–Trinajstić information content (AvgIpc) is 3.12. The molecule has 2 aliphatic heterocycles. The first-order valence-electron chi connectivity index (χ1n) is 9.71. The number of ketones is 2. The fourth-order valence-corrected chi connectivity index (χ4v) is 3.32. The van der Waals surface area contributed by atoms with Gasteiger partial charge in [0, 0.05) is 24.0 Å². The summed E-state index contributed by atoms with van der Waals surface area (Å²) < 4.78 is 22.3. The number of hydrogen-bond acceptors (Lipinski definition) is 7. The Morgan fingerprint density at radius 3 is 2.74 bits per heavy atom. The number of fused-ring (bicyclic) bond motifs is 2. The zero-order chi connectivity index (χ0) is 21.2. The van der Waals surface area contributed by atoms with E-state index in [2.05, 4.69) is 4.98 Å². The third-order valence-electron chi connectivity index (χ3n) is 4.86. The molecule has 0 bridgehead atoms. The first-order chi connectivity index (χ1) is 15.2. The molecule has 2 aliphatic rings. The van der Waals surface area contributed by atoms with E-state index in [0.29, 0.717) is 47.3 Å². The molecule has 5 rings (SSSR count). The predicted molar refractivity (Wildman–Crippen MR) is 111 cm³/mol. The maximum absolute atomic E-state index is 12.6. The number of ether oxygens (including phenoxy) is 4. The van der Waals surface area contributed by atoms with Gasteiger partial charge in [0.1, 0.15) is 24.7 Å². The van der Waals surface area contributed by atoms with Crippen LogP contribution < -0.4 is 18.9 Å². The van der Waals surface area contributed by atoms with E-state index in [0.717, 1.165) is 5.56 Å². The molecule has 1 aromatic heterocycles. The Bertz CT molecular complexity index is 1200. The van der Waals surface area contributed by atoms with Gasteiger partial charge in [-0.15, -0.1) is 0 Å². The Morgan fingerprint density at radius 1 is 1.03 bits per heavy atom. The number of aromatic nitrogens is 1. The Labute approximate surface area is 177 Å².